The number of aliphatic hydroxyl groups is 1. The number of aliphatic hydroxyl groups excluding tert-OH is 1. The third-order valence-corrected chi connectivity index (χ3v) is 5.83. The van der Waals surface area contributed by atoms with E-state index >= 15 is 0 Å². The molecule has 20 heavy (non-hydrogen) atoms. The monoisotopic (exact) mass is 279 g/mol. The van der Waals surface area contributed by atoms with Gasteiger partial charge >= 0.3 is 0 Å². The molecule has 3 fully saturated rings. The van der Waals surface area contributed by atoms with Gasteiger partial charge in [0.05, 0.1) is 6.10 Å². The van der Waals surface area contributed by atoms with Crippen LogP contribution in [0.1, 0.15) is 70.6 Å². The molecule has 3 aliphatic rings. The molecule has 1 aliphatic heterocycles. The summed E-state index contributed by atoms with van der Waals surface area (Å²) in [4.78, 5) is 14.7. The van der Waals surface area contributed by atoms with Crippen molar-refractivity contribution in [3.63, 3.8) is 0 Å². The van der Waals surface area contributed by atoms with Gasteiger partial charge in [-0.25, -0.2) is 0 Å². The molecule has 1 N–H and O–H groups in total. The van der Waals surface area contributed by atoms with Gasteiger partial charge in [0.1, 0.15) is 0 Å². The van der Waals surface area contributed by atoms with Gasteiger partial charge in [0.15, 0.2) is 0 Å². The van der Waals surface area contributed by atoms with E-state index < -0.39 is 0 Å². The van der Waals surface area contributed by atoms with Gasteiger partial charge in [0, 0.05) is 24.9 Å². The van der Waals surface area contributed by atoms with Crippen LogP contribution in [0.15, 0.2) is 0 Å². The first-order valence-electron chi connectivity index (χ1n) is 8.73. The lowest BCUT2D eigenvalue weighted by molar-refractivity contribution is -0.135. The average Bonchev–Trinajstić information content (AvgIpc) is 3.09. The molecule has 1 heterocycles. The van der Waals surface area contributed by atoms with Crippen LogP contribution in [-0.4, -0.2) is 34.6 Å². The van der Waals surface area contributed by atoms with Crippen molar-refractivity contribution in [2.24, 2.45) is 11.8 Å². The number of likely N-dealkylation sites (tertiary alicyclic amines) is 1. The van der Waals surface area contributed by atoms with Crippen LogP contribution in [0.4, 0.5) is 0 Å². The molecule has 0 spiro atoms. The van der Waals surface area contributed by atoms with Crippen LogP contribution in [0, 0.1) is 11.8 Å². The molecule has 3 unspecified atom stereocenters. The first kappa shape index (κ1) is 14.4. The Kier molecular flexibility index (Phi) is 4.65. The zero-order valence-corrected chi connectivity index (χ0v) is 12.6. The molecule has 3 rings (SSSR count). The predicted molar refractivity (Wildman–Crippen MR) is 79.3 cm³/mol. The van der Waals surface area contributed by atoms with E-state index in [1.807, 2.05) is 0 Å². The molecular formula is C17H29NO2. The molecule has 0 aromatic rings. The van der Waals surface area contributed by atoms with Gasteiger partial charge in [0.2, 0.25) is 5.91 Å². The van der Waals surface area contributed by atoms with Gasteiger partial charge in [-0.05, 0) is 44.4 Å². The highest BCUT2D eigenvalue weighted by Crippen LogP contribution is 2.36. The van der Waals surface area contributed by atoms with Crippen molar-refractivity contribution in [3.05, 3.63) is 0 Å². The summed E-state index contributed by atoms with van der Waals surface area (Å²) >= 11 is 0. The Labute approximate surface area is 122 Å². The maximum Gasteiger partial charge on any atom is 0.223 e. The maximum absolute atomic E-state index is 12.6. The third-order valence-electron chi connectivity index (χ3n) is 5.83. The van der Waals surface area contributed by atoms with Gasteiger partial charge in [-0.3, -0.25) is 4.79 Å². The van der Waals surface area contributed by atoms with E-state index in [9.17, 15) is 9.90 Å². The second-order valence-corrected chi connectivity index (χ2v) is 7.17. The lowest BCUT2D eigenvalue weighted by atomic mass is 9.80. The largest absolute Gasteiger partial charge is 0.393 e. The Morgan fingerprint density at radius 1 is 0.950 bits per heavy atom. The van der Waals surface area contributed by atoms with Gasteiger partial charge in [-0.2, -0.15) is 0 Å². The van der Waals surface area contributed by atoms with Crippen molar-refractivity contribution < 1.29 is 9.90 Å². The number of carbonyl (C=O) groups is 1. The van der Waals surface area contributed by atoms with Gasteiger partial charge < -0.3 is 10.0 Å². The summed E-state index contributed by atoms with van der Waals surface area (Å²) in [5.41, 5.74) is 0. The smallest absolute Gasteiger partial charge is 0.223 e. The fourth-order valence-corrected chi connectivity index (χ4v) is 4.71. The number of hydrogen-bond acceptors (Lipinski definition) is 2. The van der Waals surface area contributed by atoms with E-state index in [0.717, 1.165) is 45.1 Å². The van der Waals surface area contributed by atoms with E-state index in [0.29, 0.717) is 23.8 Å². The summed E-state index contributed by atoms with van der Waals surface area (Å²) in [7, 11) is 0. The lowest BCUT2D eigenvalue weighted by Gasteiger charge is -2.37. The van der Waals surface area contributed by atoms with Crippen LogP contribution >= 0.6 is 0 Å². The van der Waals surface area contributed by atoms with E-state index in [2.05, 4.69) is 4.90 Å². The molecule has 3 nitrogen and oxygen atoms in total. The van der Waals surface area contributed by atoms with Crippen LogP contribution in [0.2, 0.25) is 0 Å². The number of rotatable bonds is 3. The normalized spacial score (nSPS) is 35.6. The zero-order chi connectivity index (χ0) is 13.9. The van der Waals surface area contributed by atoms with E-state index in [1.165, 1.54) is 32.1 Å². The highest BCUT2D eigenvalue weighted by Gasteiger charge is 2.39. The number of hydrogen-bond donors (Lipinski definition) is 1. The number of amides is 1. The Bertz CT molecular complexity index is 338. The summed E-state index contributed by atoms with van der Waals surface area (Å²) in [6, 6.07) is 0.333. The Morgan fingerprint density at radius 3 is 2.40 bits per heavy atom. The first-order chi connectivity index (χ1) is 9.75. The van der Waals surface area contributed by atoms with E-state index in [-0.39, 0.29) is 6.10 Å². The summed E-state index contributed by atoms with van der Waals surface area (Å²) in [5.74, 6) is 1.36. The summed E-state index contributed by atoms with van der Waals surface area (Å²) in [5, 5.41) is 10.3. The fraction of sp³-hybridized carbons (Fsp3) is 0.941. The second-order valence-electron chi connectivity index (χ2n) is 7.17. The summed E-state index contributed by atoms with van der Waals surface area (Å²) in [6.45, 7) is 0.930. The number of nitrogens with zero attached hydrogens (tertiary/aromatic N) is 1. The molecule has 114 valence electrons. The minimum atomic E-state index is -0.173. The average molecular weight is 279 g/mol. The van der Waals surface area contributed by atoms with Gasteiger partial charge in [0.25, 0.3) is 0 Å². The molecule has 0 bridgehead atoms. The molecule has 1 amide bonds. The van der Waals surface area contributed by atoms with Crippen molar-refractivity contribution in [2.45, 2.75) is 82.8 Å². The predicted octanol–water partition coefficient (Wildman–Crippen LogP) is 3.11. The molecule has 0 aromatic heterocycles. The molecular weight excluding hydrogens is 250 g/mol. The number of carbonyl (C=O) groups excluding carboxylic acids is 1. The first-order valence-corrected chi connectivity index (χ1v) is 8.73. The standard InChI is InChI=1S/C17H29NO2/c19-16-10-4-3-8-14(16)15-9-5-11-18(15)17(20)12-13-6-1-2-7-13/h13-16,19H,1-12H2. The van der Waals surface area contributed by atoms with Crippen molar-refractivity contribution >= 4 is 5.91 Å². The Hall–Kier alpha value is -0.570. The van der Waals surface area contributed by atoms with Gasteiger partial charge in [-0.1, -0.05) is 25.7 Å². The van der Waals surface area contributed by atoms with E-state index in [4.69, 9.17) is 0 Å². The topological polar surface area (TPSA) is 40.5 Å². The lowest BCUT2D eigenvalue weighted by Crippen LogP contribution is -2.45. The van der Waals surface area contributed by atoms with E-state index in [1.54, 1.807) is 0 Å². The Balaban J connectivity index is 1.60. The quantitative estimate of drug-likeness (QED) is 0.862. The van der Waals surface area contributed by atoms with Crippen LogP contribution in [0.25, 0.3) is 0 Å². The zero-order valence-electron chi connectivity index (χ0n) is 12.6. The highest BCUT2D eigenvalue weighted by molar-refractivity contribution is 5.77. The van der Waals surface area contributed by atoms with Crippen molar-refractivity contribution in [1.82, 2.24) is 4.90 Å². The summed E-state index contributed by atoms with van der Waals surface area (Å²) in [6.07, 6.45) is 12.4. The highest BCUT2D eigenvalue weighted by atomic mass is 16.3. The van der Waals surface area contributed by atoms with Crippen LogP contribution < -0.4 is 0 Å². The summed E-state index contributed by atoms with van der Waals surface area (Å²) < 4.78 is 0. The van der Waals surface area contributed by atoms with Crippen molar-refractivity contribution in [1.29, 1.82) is 0 Å². The minimum absolute atomic E-state index is 0.173. The molecule has 1 saturated heterocycles. The molecule has 3 heteroatoms. The van der Waals surface area contributed by atoms with Gasteiger partial charge in [-0.15, -0.1) is 0 Å². The maximum atomic E-state index is 12.6. The SMILES string of the molecule is O=C(CC1CCCC1)N1CCCC1C1CCCCC1O. The molecule has 2 aliphatic carbocycles. The van der Waals surface area contributed by atoms with Crippen LogP contribution in [0.3, 0.4) is 0 Å². The molecule has 0 aromatic carbocycles. The molecule has 2 saturated carbocycles. The second kappa shape index (κ2) is 6.46. The van der Waals surface area contributed by atoms with Crippen molar-refractivity contribution in [3.8, 4) is 0 Å². The third kappa shape index (κ3) is 3.03. The Morgan fingerprint density at radius 2 is 1.65 bits per heavy atom. The fourth-order valence-electron chi connectivity index (χ4n) is 4.71. The minimum Gasteiger partial charge on any atom is -0.393 e. The van der Waals surface area contributed by atoms with Crippen LogP contribution in [0.5, 0.6) is 0 Å². The molecule has 0 radical (unpaired) electrons. The van der Waals surface area contributed by atoms with Crippen molar-refractivity contribution in [2.75, 3.05) is 6.54 Å². The molecule has 3 atom stereocenters. The van der Waals surface area contributed by atoms with Crippen LogP contribution in [-0.2, 0) is 4.79 Å².